The van der Waals surface area contributed by atoms with Crippen LogP contribution in [0.4, 0.5) is 10.8 Å². The molecule has 0 unspecified atom stereocenters. The lowest BCUT2D eigenvalue weighted by Gasteiger charge is -2.23. The molecule has 22 heavy (non-hydrogen) atoms. The molecule has 0 bridgehead atoms. The SMILES string of the molecule is NCc1ccc(N(c2nc(C3CCC3)cs2)S(=O)(=O)O)cc1. The fourth-order valence-corrected chi connectivity index (χ4v) is 4.24. The zero-order valence-corrected chi connectivity index (χ0v) is 13.5. The molecule has 1 aromatic carbocycles. The Morgan fingerprint density at radius 2 is 2.00 bits per heavy atom. The number of anilines is 2. The number of aromatic nitrogens is 1. The van der Waals surface area contributed by atoms with Crippen LogP contribution in [0.1, 0.15) is 36.4 Å². The average Bonchev–Trinajstić information content (AvgIpc) is 2.85. The molecule has 6 nitrogen and oxygen atoms in total. The van der Waals surface area contributed by atoms with Gasteiger partial charge in [0.05, 0.1) is 11.4 Å². The summed E-state index contributed by atoms with van der Waals surface area (Å²) < 4.78 is 34.0. The number of rotatable bonds is 5. The van der Waals surface area contributed by atoms with Gasteiger partial charge in [-0.05, 0) is 30.5 Å². The van der Waals surface area contributed by atoms with E-state index in [1.165, 1.54) is 17.8 Å². The lowest BCUT2D eigenvalue weighted by atomic mass is 9.83. The molecule has 0 amide bonds. The second-order valence-corrected chi connectivity index (χ2v) is 7.39. The summed E-state index contributed by atoms with van der Waals surface area (Å²) in [6, 6.07) is 6.68. The van der Waals surface area contributed by atoms with E-state index in [0.29, 0.717) is 18.2 Å². The number of hydrogen-bond donors (Lipinski definition) is 2. The lowest BCUT2D eigenvalue weighted by molar-refractivity contribution is 0.413. The van der Waals surface area contributed by atoms with E-state index >= 15 is 0 Å². The van der Waals surface area contributed by atoms with Crippen LogP contribution in [0.15, 0.2) is 29.6 Å². The van der Waals surface area contributed by atoms with Crippen LogP contribution in [-0.2, 0) is 16.8 Å². The first-order chi connectivity index (χ1) is 10.5. The number of nitrogens with zero attached hydrogens (tertiary/aromatic N) is 2. The topological polar surface area (TPSA) is 96.5 Å². The number of nitrogens with two attached hydrogens (primary N) is 1. The summed E-state index contributed by atoms with van der Waals surface area (Å²) in [6.45, 7) is 0.370. The lowest BCUT2D eigenvalue weighted by Crippen LogP contribution is -2.25. The van der Waals surface area contributed by atoms with Crippen LogP contribution in [-0.4, -0.2) is 18.0 Å². The second-order valence-electron chi connectivity index (χ2n) is 5.30. The first-order valence-corrected chi connectivity index (χ1v) is 9.29. The minimum absolute atomic E-state index is 0.255. The predicted octanol–water partition coefficient (Wildman–Crippen LogP) is 2.81. The van der Waals surface area contributed by atoms with Crippen LogP contribution in [0.5, 0.6) is 0 Å². The maximum atomic E-state index is 11.8. The maximum Gasteiger partial charge on any atom is 0.366 e. The standard InChI is InChI=1S/C14H17N3O3S2/c15-8-10-4-6-12(7-5-10)17(22(18,19)20)14-16-13(9-21-14)11-2-1-3-11/h4-7,9,11H,1-3,8,15H2,(H,18,19,20). The molecule has 8 heteroatoms. The van der Waals surface area contributed by atoms with Gasteiger partial charge in [-0.3, -0.25) is 4.55 Å². The fraction of sp³-hybridized carbons (Fsp3) is 0.357. The molecule has 2 aromatic rings. The van der Waals surface area contributed by atoms with Gasteiger partial charge in [0.2, 0.25) is 5.13 Å². The van der Waals surface area contributed by atoms with Crippen LogP contribution < -0.4 is 10.0 Å². The Labute approximate surface area is 133 Å². The van der Waals surface area contributed by atoms with Crippen LogP contribution in [0.25, 0.3) is 0 Å². The normalized spacial score (nSPS) is 15.5. The van der Waals surface area contributed by atoms with Gasteiger partial charge in [0, 0.05) is 17.8 Å². The van der Waals surface area contributed by atoms with Crippen molar-refractivity contribution in [2.75, 3.05) is 4.31 Å². The molecule has 1 saturated carbocycles. The van der Waals surface area contributed by atoms with Crippen LogP contribution >= 0.6 is 11.3 Å². The Morgan fingerprint density at radius 1 is 1.32 bits per heavy atom. The molecule has 1 aliphatic rings. The highest BCUT2D eigenvalue weighted by molar-refractivity contribution is 7.87. The molecule has 0 saturated heterocycles. The average molecular weight is 339 g/mol. The molecule has 118 valence electrons. The molecular formula is C14H17N3O3S2. The molecule has 0 spiro atoms. The Hall–Kier alpha value is -1.48. The Bertz CT molecular complexity index is 752. The van der Waals surface area contributed by atoms with Gasteiger partial charge in [-0.25, -0.2) is 4.98 Å². The Kier molecular flexibility index (Phi) is 4.18. The summed E-state index contributed by atoms with van der Waals surface area (Å²) in [6.07, 6.45) is 3.35. The third-order valence-corrected chi connectivity index (χ3v) is 5.65. The molecule has 3 N–H and O–H groups in total. The van der Waals surface area contributed by atoms with Gasteiger partial charge < -0.3 is 5.73 Å². The van der Waals surface area contributed by atoms with Crippen molar-refractivity contribution >= 4 is 32.5 Å². The highest BCUT2D eigenvalue weighted by Gasteiger charge is 2.28. The van der Waals surface area contributed by atoms with Crippen molar-refractivity contribution in [3.05, 3.63) is 40.9 Å². The third kappa shape index (κ3) is 3.00. The summed E-state index contributed by atoms with van der Waals surface area (Å²) in [5.41, 5.74) is 7.67. The van der Waals surface area contributed by atoms with Gasteiger partial charge in [0.25, 0.3) is 0 Å². The molecule has 1 heterocycles. The predicted molar refractivity (Wildman–Crippen MR) is 86.7 cm³/mol. The first kappa shape index (κ1) is 15.4. The quantitative estimate of drug-likeness (QED) is 0.817. The van der Waals surface area contributed by atoms with Crippen LogP contribution in [0.2, 0.25) is 0 Å². The number of thiazole rings is 1. The monoisotopic (exact) mass is 339 g/mol. The van der Waals surface area contributed by atoms with Crippen LogP contribution in [0.3, 0.4) is 0 Å². The van der Waals surface area contributed by atoms with Gasteiger partial charge in [0.15, 0.2) is 0 Å². The van der Waals surface area contributed by atoms with Crippen molar-refractivity contribution in [3.8, 4) is 0 Å². The smallest absolute Gasteiger partial charge is 0.326 e. The molecule has 0 atom stereocenters. The van der Waals surface area contributed by atoms with Crippen molar-refractivity contribution < 1.29 is 13.0 Å². The Morgan fingerprint density at radius 3 is 2.50 bits per heavy atom. The van der Waals surface area contributed by atoms with E-state index in [0.717, 1.165) is 28.4 Å². The van der Waals surface area contributed by atoms with Crippen molar-refractivity contribution in [3.63, 3.8) is 0 Å². The molecule has 1 fully saturated rings. The zero-order chi connectivity index (χ0) is 15.7. The van der Waals surface area contributed by atoms with Crippen molar-refractivity contribution in [1.82, 2.24) is 4.98 Å². The summed E-state index contributed by atoms with van der Waals surface area (Å²) in [5.74, 6) is 0.410. The zero-order valence-electron chi connectivity index (χ0n) is 11.8. The molecule has 3 rings (SSSR count). The molecule has 0 radical (unpaired) electrons. The highest BCUT2D eigenvalue weighted by Crippen LogP contribution is 2.39. The molecular weight excluding hydrogens is 322 g/mol. The maximum absolute atomic E-state index is 11.8. The van der Waals surface area contributed by atoms with E-state index in [2.05, 4.69) is 4.98 Å². The van der Waals surface area contributed by atoms with Gasteiger partial charge >= 0.3 is 10.3 Å². The third-order valence-electron chi connectivity index (χ3n) is 3.84. The first-order valence-electron chi connectivity index (χ1n) is 7.01. The fourth-order valence-electron chi connectivity index (χ4n) is 2.37. The summed E-state index contributed by atoms with van der Waals surface area (Å²) in [7, 11) is -4.44. The van der Waals surface area contributed by atoms with E-state index in [4.69, 9.17) is 5.73 Å². The second kappa shape index (κ2) is 5.96. The summed E-state index contributed by atoms with van der Waals surface area (Å²) in [4.78, 5) is 4.40. The van der Waals surface area contributed by atoms with Gasteiger partial charge in [-0.1, -0.05) is 18.6 Å². The largest absolute Gasteiger partial charge is 0.366 e. The van der Waals surface area contributed by atoms with Gasteiger partial charge in [-0.15, -0.1) is 11.3 Å². The molecule has 1 aliphatic carbocycles. The van der Waals surface area contributed by atoms with E-state index < -0.39 is 10.3 Å². The van der Waals surface area contributed by atoms with E-state index in [1.807, 2.05) is 5.38 Å². The highest BCUT2D eigenvalue weighted by atomic mass is 32.2. The van der Waals surface area contributed by atoms with E-state index in [9.17, 15) is 13.0 Å². The van der Waals surface area contributed by atoms with E-state index in [-0.39, 0.29) is 5.13 Å². The van der Waals surface area contributed by atoms with Gasteiger partial charge in [0.1, 0.15) is 0 Å². The van der Waals surface area contributed by atoms with Crippen molar-refractivity contribution in [2.45, 2.75) is 31.7 Å². The number of benzene rings is 1. The summed E-state index contributed by atoms with van der Waals surface area (Å²) in [5, 5.41) is 2.12. The van der Waals surface area contributed by atoms with Gasteiger partial charge in [-0.2, -0.15) is 12.7 Å². The minimum atomic E-state index is -4.44. The molecule has 0 aliphatic heterocycles. The van der Waals surface area contributed by atoms with E-state index in [1.54, 1.807) is 24.3 Å². The molecule has 1 aromatic heterocycles. The Balaban J connectivity index is 1.97. The minimum Gasteiger partial charge on any atom is -0.326 e. The number of hydrogen-bond acceptors (Lipinski definition) is 5. The van der Waals surface area contributed by atoms with Crippen LogP contribution in [0, 0.1) is 0 Å². The summed E-state index contributed by atoms with van der Waals surface area (Å²) >= 11 is 1.22. The van der Waals surface area contributed by atoms with Crippen molar-refractivity contribution in [2.24, 2.45) is 5.73 Å². The van der Waals surface area contributed by atoms with Crippen molar-refractivity contribution in [1.29, 1.82) is 0 Å².